The summed E-state index contributed by atoms with van der Waals surface area (Å²) in [6, 6.07) is -0.417. The van der Waals surface area contributed by atoms with Gasteiger partial charge in [0, 0.05) is 0 Å². The highest BCUT2D eigenvalue weighted by molar-refractivity contribution is 5.73. The van der Waals surface area contributed by atoms with Gasteiger partial charge in [0.15, 0.2) is 0 Å². The van der Waals surface area contributed by atoms with E-state index < -0.39 is 12.0 Å². The highest BCUT2D eigenvalue weighted by Crippen LogP contribution is 2.20. The van der Waals surface area contributed by atoms with Gasteiger partial charge in [-0.25, -0.2) is 0 Å². The summed E-state index contributed by atoms with van der Waals surface area (Å²) in [6.45, 7) is 0. The summed E-state index contributed by atoms with van der Waals surface area (Å²) in [5.41, 5.74) is 1.31. The molecule has 3 heteroatoms. The van der Waals surface area contributed by atoms with Crippen molar-refractivity contribution >= 4 is 5.97 Å². The third-order valence-corrected chi connectivity index (χ3v) is 2.75. The van der Waals surface area contributed by atoms with E-state index in [2.05, 4.69) is 11.4 Å². The second kappa shape index (κ2) is 5.81. The topological polar surface area (TPSA) is 49.3 Å². The van der Waals surface area contributed by atoms with Crippen molar-refractivity contribution in [2.75, 3.05) is 7.05 Å². The predicted molar refractivity (Wildman–Crippen MR) is 56.3 cm³/mol. The number of allylic oxidation sites excluding steroid dienone is 1. The fourth-order valence-corrected chi connectivity index (χ4v) is 1.84. The fraction of sp³-hybridized carbons (Fsp3) is 0.727. The Kier molecular flexibility index (Phi) is 4.66. The molecule has 0 fully saturated rings. The molecule has 0 radical (unpaired) electrons. The van der Waals surface area contributed by atoms with Gasteiger partial charge in [-0.05, 0) is 39.2 Å². The Morgan fingerprint density at radius 2 is 2.36 bits per heavy atom. The SMILES string of the molecule is CNC(CC1=CCCCCC1)C(=O)O. The van der Waals surface area contributed by atoms with Crippen LogP contribution in [0.3, 0.4) is 0 Å². The second-order valence-corrected chi connectivity index (χ2v) is 3.85. The number of carboxylic acid groups (broad SMARTS) is 1. The second-order valence-electron chi connectivity index (χ2n) is 3.85. The van der Waals surface area contributed by atoms with Crippen molar-refractivity contribution in [2.24, 2.45) is 0 Å². The van der Waals surface area contributed by atoms with E-state index in [9.17, 15) is 4.79 Å². The Bertz CT molecular complexity index is 223. The van der Waals surface area contributed by atoms with Gasteiger partial charge in [0.1, 0.15) is 6.04 Å². The average molecular weight is 197 g/mol. The molecular weight excluding hydrogens is 178 g/mol. The quantitative estimate of drug-likeness (QED) is 0.677. The zero-order valence-electron chi connectivity index (χ0n) is 8.75. The molecule has 0 spiro atoms. The van der Waals surface area contributed by atoms with Crippen molar-refractivity contribution < 1.29 is 9.90 Å². The minimum absolute atomic E-state index is 0.417. The molecule has 1 rings (SSSR count). The molecule has 1 aliphatic carbocycles. The Morgan fingerprint density at radius 1 is 1.57 bits per heavy atom. The number of nitrogens with one attached hydrogen (secondary N) is 1. The van der Waals surface area contributed by atoms with E-state index in [-0.39, 0.29) is 0 Å². The number of carbonyl (C=O) groups is 1. The van der Waals surface area contributed by atoms with Crippen molar-refractivity contribution in [3.63, 3.8) is 0 Å². The maximum Gasteiger partial charge on any atom is 0.321 e. The van der Waals surface area contributed by atoms with E-state index >= 15 is 0 Å². The predicted octanol–water partition coefficient (Wildman–Crippen LogP) is 1.94. The van der Waals surface area contributed by atoms with E-state index in [1.807, 2.05) is 0 Å². The van der Waals surface area contributed by atoms with Gasteiger partial charge in [-0.2, -0.15) is 0 Å². The van der Waals surface area contributed by atoms with Crippen LogP contribution in [0.15, 0.2) is 11.6 Å². The monoisotopic (exact) mass is 197 g/mol. The largest absolute Gasteiger partial charge is 0.480 e. The molecule has 0 heterocycles. The van der Waals surface area contributed by atoms with Crippen molar-refractivity contribution in [1.82, 2.24) is 5.32 Å². The zero-order valence-corrected chi connectivity index (χ0v) is 8.75. The fourth-order valence-electron chi connectivity index (χ4n) is 1.84. The summed E-state index contributed by atoms with van der Waals surface area (Å²) in [4.78, 5) is 10.8. The molecular formula is C11H19NO2. The van der Waals surface area contributed by atoms with Gasteiger partial charge in [-0.15, -0.1) is 0 Å². The molecule has 0 aromatic heterocycles. The van der Waals surface area contributed by atoms with Crippen molar-refractivity contribution in [3.05, 3.63) is 11.6 Å². The molecule has 0 saturated heterocycles. The average Bonchev–Trinajstić information content (AvgIpc) is 2.41. The van der Waals surface area contributed by atoms with E-state index in [0.717, 1.165) is 12.8 Å². The molecule has 14 heavy (non-hydrogen) atoms. The third kappa shape index (κ3) is 3.50. The Balaban J connectivity index is 2.47. The van der Waals surface area contributed by atoms with Gasteiger partial charge in [-0.3, -0.25) is 4.79 Å². The van der Waals surface area contributed by atoms with Gasteiger partial charge in [0.25, 0.3) is 0 Å². The molecule has 1 unspecified atom stereocenters. The van der Waals surface area contributed by atoms with Crippen LogP contribution in [0.25, 0.3) is 0 Å². The molecule has 0 amide bonds. The van der Waals surface area contributed by atoms with Crippen LogP contribution in [0, 0.1) is 0 Å². The summed E-state index contributed by atoms with van der Waals surface area (Å²) in [6.07, 6.45) is 8.81. The highest BCUT2D eigenvalue weighted by atomic mass is 16.4. The van der Waals surface area contributed by atoms with E-state index in [4.69, 9.17) is 5.11 Å². The van der Waals surface area contributed by atoms with Gasteiger partial charge < -0.3 is 10.4 Å². The molecule has 2 N–H and O–H groups in total. The van der Waals surface area contributed by atoms with Crippen LogP contribution >= 0.6 is 0 Å². The van der Waals surface area contributed by atoms with Crippen LogP contribution in [0.5, 0.6) is 0 Å². The lowest BCUT2D eigenvalue weighted by Gasteiger charge is -2.12. The maximum absolute atomic E-state index is 10.8. The smallest absolute Gasteiger partial charge is 0.321 e. The lowest BCUT2D eigenvalue weighted by Crippen LogP contribution is -2.34. The molecule has 0 saturated carbocycles. The summed E-state index contributed by atoms with van der Waals surface area (Å²) < 4.78 is 0. The molecule has 3 nitrogen and oxygen atoms in total. The molecule has 0 bridgehead atoms. The number of carboxylic acids is 1. The molecule has 0 aliphatic heterocycles. The summed E-state index contributed by atoms with van der Waals surface area (Å²) in [7, 11) is 1.70. The number of rotatable bonds is 4. The van der Waals surface area contributed by atoms with Crippen molar-refractivity contribution in [2.45, 2.75) is 44.6 Å². The van der Waals surface area contributed by atoms with Crippen LogP contribution in [0.2, 0.25) is 0 Å². The normalized spacial score (nSPS) is 19.6. The van der Waals surface area contributed by atoms with Gasteiger partial charge >= 0.3 is 5.97 Å². The zero-order chi connectivity index (χ0) is 10.4. The third-order valence-electron chi connectivity index (χ3n) is 2.75. The van der Waals surface area contributed by atoms with Gasteiger partial charge in [0.2, 0.25) is 0 Å². The first-order chi connectivity index (χ1) is 6.74. The first-order valence-corrected chi connectivity index (χ1v) is 5.32. The van der Waals surface area contributed by atoms with Crippen LogP contribution in [0.1, 0.15) is 38.5 Å². The van der Waals surface area contributed by atoms with Crippen LogP contribution in [-0.2, 0) is 4.79 Å². The first kappa shape index (κ1) is 11.2. The number of aliphatic carboxylic acids is 1. The Labute approximate surface area is 85.2 Å². The van der Waals surface area contributed by atoms with Crippen LogP contribution < -0.4 is 5.32 Å². The lowest BCUT2D eigenvalue weighted by atomic mass is 10.0. The minimum Gasteiger partial charge on any atom is -0.480 e. The molecule has 0 aromatic rings. The van der Waals surface area contributed by atoms with Crippen LogP contribution in [0.4, 0.5) is 0 Å². The number of hydrogen-bond acceptors (Lipinski definition) is 2. The summed E-state index contributed by atoms with van der Waals surface area (Å²) in [5.74, 6) is -0.752. The van der Waals surface area contributed by atoms with Crippen molar-refractivity contribution in [1.29, 1.82) is 0 Å². The van der Waals surface area contributed by atoms with Crippen LogP contribution in [-0.4, -0.2) is 24.2 Å². The molecule has 1 atom stereocenters. The maximum atomic E-state index is 10.8. The number of likely N-dealkylation sites (N-methyl/N-ethyl adjacent to an activating group) is 1. The molecule has 0 aromatic carbocycles. The molecule has 1 aliphatic rings. The van der Waals surface area contributed by atoms with Gasteiger partial charge in [0.05, 0.1) is 0 Å². The van der Waals surface area contributed by atoms with Gasteiger partial charge in [-0.1, -0.05) is 18.1 Å². The first-order valence-electron chi connectivity index (χ1n) is 5.32. The summed E-state index contributed by atoms with van der Waals surface area (Å²) in [5, 5.41) is 11.7. The standard InChI is InChI=1S/C11H19NO2/c1-12-10(11(13)14)8-9-6-4-2-3-5-7-9/h6,10,12H,2-5,7-8H2,1H3,(H,13,14). The highest BCUT2D eigenvalue weighted by Gasteiger charge is 2.16. The minimum atomic E-state index is -0.752. The lowest BCUT2D eigenvalue weighted by molar-refractivity contribution is -0.139. The Morgan fingerprint density at radius 3 is 3.00 bits per heavy atom. The molecule has 80 valence electrons. The number of hydrogen-bond donors (Lipinski definition) is 2. The van der Waals surface area contributed by atoms with E-state index in [1.165, 1.54) is 24.8 Å². The van der Waals surface area contributed by atoms with E-state index in [0.29, 0.717) is 6.42 Å². The Hall–Kier alpha value is -0.830. The van der Waals surface area contributed by atoms with Crippen molar-refractivity contribution in [3.8, 4) is 0 Å². The summed E-state index contributed by atoms with van der Waals surface area (Å²) >= 11 is 0. The van der Waals surface area contributed by atoms with E-state index in [1.54, 1.807) is 7.05 Å².